The van der Waals surface area contributed by atoms with Crippen molar-refractivity contribution >= 4 is 27.6 Å². The maximum Gasteiger partial charge on any atom is 0.337 e. The van der Waals surface area contributed by atoms with E-state index in [0.717, 1.165) is 0 Å². The third-order valence-corrected chi connectivity index (χ3v) is 6.68. The van der Waals surface area contributed by atoms with E-state index in [1.54, 1.807) is 17.0 Å². The van der Waals surface area contributed by atoms with Crippen LogP contribution >= 0.6 is 11.6 Å². The van der Waals surface area contributed by atoms with Crippen LogP contribution in [0, 0.1) is 0 Å². The molecule has 2 heterocycles. The van der Waals surface area contributed by atoms with Crippen LogP contribution < -0.4 is 5.32 Å². The predicted molar refractivity (Wildman–Crippen MR) is 95.5 cm³/mol. The zero-order valence-corrected chi connectivity index (χ0v) is 15.9. The first-order valence-electron chi connectivity index (χ1n) is 7.94. The number of hydrogen-bond acceptors (Lipinski definition) is 6. The molecule has 1 aromatic heterocycles. The van der Waals surface area contributed by atoms with Crippen LogP contribution in [0.1, 0.15) is 22.2 Å². The van der Waals surface area contributed by atoms with E-state index in [-0.39, 0.29) is 22.0 Å². The third kappa shape index (κ3) is 3.35. The molecule has 0 amide bonds. The van der Waals surface area contributed by atoms with Crippen LogP contribution in [0.15, 0.2) is 35.5 Å². The number of methoxy groups -OCH3 is 1. The average molecular weight is 399 g/mol. The van der Waals surface area contributed by atoms with E-state index in [0.29, 0.717) is 18.9 Å². The van der Waals surface area contributed by atoms with Crippen molar-refractivity contribution in [3.8, 4) is 0 Å². The predicted octanol–water partition coefficient (Wildman–Crippen LogP) is 1.20. The zero-order chi connectivity index (χ0) is 18.9. The first-order chi connectivity index (χ1) is 12.4. The molecule has 1 N–H and O–H groups in total. The van der Waals surface area contributed by atoms with Crippen molar-refractivity contribution in [1.82, 2.24) is 19.2 Å². The van der Waals surface area contributed by atoms with Crippen LogP contribution in [0.5, 0.6) is 0 Å². The fourth-order valence-corrected chi connectivity index (χ4v) is 5.08. The molecule has 0 aliphatic carbocycles. The Morgan fingerprint density at radius 3 is 2.81 bits per heavy atom. The molecule has 8 nitrogen and oxygen atoms in total. The second-order valence-corrected chi connectivity index (χ2v) is 8.13. The lowest BCUT2D eigenvalue weighted by Crippen LogP contribution is -2.49. The summed E-state index contributed by atoms with van der Waals surface area (Å²) in [4.78, 5) is 15.9. The Hall–Kier alpha value is -1.94. The summed E-state index contributed by atoms with van der Waals surface area (Å²) in [5.41, 5.74) is 0.192. The number of aromatic nitrogens is 2. The van der Waals surface area contributed by atoms with Gasteiger partial charge < -0.3 is 14.6 Å². The number of imidazole rings is 1. The summed E-state index contributed by atoms with van der Waals surface area (Å²) in [6.45, 7) is 1.26. The van der Waals surface area contributed by atoms with Gasteiger partial charge in [-0.15, -0.1) is 0 Å². The van der Waals surface area contributed by atoms with E-state index in [2.05, 4.69) is 15.0 Å². The van der Waals surface area contributed by atoms with E-state index >= 15 is 0 Å². The van der Waals surface area contributed by atoms with Crippen LogP contribution in [-0.2, 0) is 21.8 Å². The molecule has 3 rings (SSSR count). The van der Waals surface area contributed by atoms with E-state index in [9.17, 15) is 13.2 Å². The molecule has 26 heavy (non-hydrogen) atoms. The molecule has 10 heteroatoms. The number of nitrogens with zero attached hydrogens (tertiary/aromatic N) is 3. The summed E-state index contributed by atoms with van der Waals surface area (Å²) in [5, 5.41) is 3.17. The minimum absolute atomic E-state index is 0.0231. The number of benzene rings is 1. The highest BCUT2D eigenvalue weighted by Crippen LogP contribution is 2.32. The highest BCUT2D eigenvalue weighted by Gasteiger charge is 2.37. The SMILES string of the molecule is COC(=O)c1ccc(S(=O)(=O)N2CCNCC2c2nccn2C)c(Cl)c1. The lowest BCUT2D eigenvalue weighted by atomic mass is 10.2. The number of esters is 1. The van der Waals surface area contributed by atoms with Crippen molar-refractivity contribution in [3.05, 3.63) is 47.0 Å². The molecular formula is C16H19ClN4O4S. The monoisotopic (exact) mass is 398 g/mol. The molecule has 1 aliphatic rings. The first-order valence-corrected chi connectivity index (χ1v) is 9.75. The highest BCUT2D eigenvalue weighted by molar-refractivity contribution is 7.89. The van der Waals surface area contributed by atoms with Crippen molar-refractivity contribution in [2.24, 2.45) is 7.05 Å². The van der Waals surface area contributed by atoms with Gasteiger partial charge >= 0.3 is 5.97 Å². The summed E-state index contributed by atoms with van der Waals surface area (Å²) in [5.74, 6) is 0.0620. The number of ether oxygens (including phenoxy) is 1. The number of nitrogens with one attached hydrogen (secondary N) is 1. The second-order valence-electron chi connectivity index (χ2n) is 5.87. The van der Waals surface area contributed by atoms with Gasteiger partial charge in [0.15, 0.2) is 0 Å². The number of rotatable bonds is 4. The molecule has 0 bridgehead atoms. The maximum atomic E-state index is 13.2. The van der Waals surface area contributed by atoms with Crippen LogP contribution in [0.4, 0.5) is 0 Å². The molecule has 0 saturated carbocycles. The van der Waals surface area contributed by atoms with Crippen LogP contribution in [0.25, 0.3) is 0 Å². The van der Waals surface area contributed by atoms with Crippen LogP contribution in [-0.4, -0.2) is 55.0 Å². The Bertz CT molecular complexity index is 928. The van der Waals surface area contributed by atoms with E-state index in [4.69, 9.17) is 11.6 Å². The first kappa shape index (κ1) is 18.8. The quantitative estimate of drug-likeness (QED) is 0.778. The Morgan fingerprint density at radius 2 is 2.19 bits per heavy atom. The average Bonchev–Trinajstić information content (AvgIpc) is 3.06. The topological polar surface area (TPSA) is 93.5 Å². The van der Waals surface area contributed by atoms with Gasteiger partial charge in [-0.2, -0.15) is 4.31 Å². The van der Waals surface area contributed by atoms with Crippen molar-refractivity contribution in [1.29, 1.82) is 0 Å². The molecule has 1 fully saturated rings. The molecule has 1 aromatic carbocycles. The van der Waals surface area contributed by atoms with Gasteiger partial charge in [-0.25, -0.2) is 18.2 Å². The Morgan fingerprint density at radius 1 is 1.42 bits per heavy atom. The third-order valence-electron chi connectivity index (χ3n) is 4.29. The van der Waals surface area contributed by atoms with Crippen molar-refractivity contribution in [2.75, 3.05) is 26.7 Å². The summed E-state index contributed by atoms with van der Waals surface area (Å²) in [6, 6.07) is 3.58. The van der Waals surface area contributed by atoms with E-state index in [1.807, 2.05) is 7.05 Å². The molecule has 1 atom stereocenters. The Balaban J connectivity index is 2.00. The van der Waals surface area contributed by atoms with Crippen LogP contribution in [0.3, 0.4) is 0 Å². The summed E-state index contributed by atoms with van der Waals surface area (Å²) >= 11 is 6.19. The number of carbonyl (C=O) groups is 1. The van der Waals surface area contributed by atoms with Gasteiger partial charge in [0, 0.05) is 39.1 Å². The number of halogens is 1. The van der Waals surface area contributed by atoms with Gasteiger partial charge in [0.05, 0.1) is 23.7 Å². The molecule has 140 valence electrons. The zero-order valence-electron chi connectivity index (χ0n) is 14.3. The Kier molecular flexibility index (Phi) is 5.33. The minimum atomic E-state index is -3.88. The van der Waals surface area contributed by atoms with E-state index < -0.39 is 22.0 Å². The van der Waals surface area contributed by atoms with Crippen molar-refractivity contribution < 1.29 is 17.9 Å². The number of carbonyl (C=O) groups excluding carboxylic acids is 1. The molecule has 1 saturated heterocycles. The lowest BCUT2D eigenvalue weighted by Gasteiger charge is -2.34. The summed E-state index contributed by atoms with van der Waals surface area (Å²) < 4.78 is 34.3. The van der Waals surface area contributed by atoms with E-state index in [1.165, 1.54) is 29.6 Å². The van der Waals surface area contributed by atoms with Gasteiger partial charge in [0.2, 0.25) is 10.0 Å². The largest absolute Gasteiger partial charge is 0.465 e. The summed E-state index contributed by atoms with van der Waals surface area (Å²) in [7, 11) is -0.810. The lowest BCUT2D eigenvalue weighted by molar-refractivity contribution is 0.0600. The smallest absolute Gasteiger partial charge is 0.337 e. The molecule has 0 spiro atoms. The van der Waals surface area contributed by atoms with Crippen molar-refractivity contribution in [2.45, 2.75) is 10.9 Å². The second kappa shape index (κ2) is 7.36. The van der Waals surface area contributed by atoms with Gasteiger partial charge in [-0.1, -0.05) is 11.6 Å². The number of sulfonamides is 1. The Labute approximate surface area is 156 Å². The molecule has 1 aliphatic heterocycles. The van der Waals surface area contributed by atoms with Crippen molar-refractivity contribution in [3.63, 3.8) is 0 Å². The fraction of sp³-hybridized carbons (Fsp3) is 0.375. The number of aryl methyl sites for hydroxylation is 1. The van der Waals surface area contributed by atoms with Gasteiger partial charge in [0.1, 0.15) is 10.7 Å². The fourth-order valence-electron chi connectivity index (χ4n) is 2.97. The number of piperazine rings is 1. The highest BCUT2D eigenvalue weighted by atomic mass is 35.5. The molecule has 2 aromatic rings. The molecular weight excluding hydrogens is 380 g/mol. The van der Waals surface area contributed by atoms with Gasteiger partial charge in [-0.3, -0.25) is 0 Å². The minimum Gasteiger partial charge on any atom is -0.465 e. The standard InChI is InChI=1S/C16H19ClN4O4S/c1-20-7-6-19-15(20)13-10-18-5-8-21(13)26(23,24)14-4-3-11(9-12(14)17)16(22)25-2/h3-4,6-7,9,13,18H,5,8,10H2,1-2H3. The van der Waals surface area contributed by atoms with Gasteiger partial charge in [-0.05, 0) is 18.2 Å². The molecule has 0 radical (unpaired) electrons. The maximum absolute atomic E-state index is 13.2. The molecule has 1 unspecified atom stereocenters. The van der Waals surface area contributed by atoms with Gasteiger partial charge in [0.25, 0.3) is 0 Å². The normalized spacial score (nSPS) is 18.7. The number of hydrogen-bond donors (Lipinski definition) is 1. The summed E-state index contributed by atoms with van der Waals surface area (Å²) in [6.07, 6.45) is 3.40. The van der Waals surface area contributed by atoms with Crippen LogP contribution in [0.2, 0.25) is 5.02 Å².